The molecule has 0 atom stereocenters. The molecule has 0 saturated carbocycles. The van der Waals surface area contributed by atoms with Gasteiger partial charge in [0, 0.05) is 44.2 Å². The number of piperazine rings is 1. The molecule has 168 valence electrons. The number of alkyl halides is 3. The number of fused-ring (bicyclic) bond motifs is 1. The first-order valence-corrected chi connectivity index (χ1v) is 10.4. The molecule has 1 aliphatic heterocycles. The number of halogens is 3. The van der Waals surface area contributed by atoms with Crippen LogP contribution in [0.3, 0.4) is 0 Å². The number of amides is 1. The molecule has 0 radical (unpaired) electrons. The molecule has 8 heteroatoms. The molecule has 0 unspecified atom stereocenters. The maximum Gasteiger partial charge on any atom is 0.416 e. The Balaban J connectivity index is 1.39. The Morgan fingerprint density at radius 1 is 1.03 bits per heavy atom. The van der Waals surface area contributed by atoms with Crippen molar-refractivity contribution in [2.45, 2.75) is 19.6 Å². The second-order valence-corrected chi connectivity index (χ2v) is 7.94. The predicted octanol–water partition coefficient (Wildman–Crippen LogP) is 4.53. The van der Waals surface area contributed by atoms with Crippen LogP contribution in [0.4, 0.5) is 13.2 Å². The van der Waals surface area contributed by atoms with Crippen LogP contribution in [-0.2, 0) is 12.7 Å². The highest BCUT2D eigenvalue weighted by Gasteiger charge is 2.30. The lowest BCUT2D eigenvalue weighted by atomic mass is 10.1. The van der Waals surface area contributed by atoms with Gasteiger partial charge in [0.15, 0.2) is 0 Å². The average Bonchev–Trinajstić information content (AvgIpc) is 2.78. The summed E-state index contributed by atoms with van der Waals surface area (Å²) in [6.07, 6.45) is -4.33. The number of benzene rings is 2. The van der Waals surface area contributed by atoms with Gasteiger partial charge < -0.3 is 9.64 Å². The lowest BCUT2D eigenvalue weighted by molar-refractivity contribution is -0.137. The zero-order valence-corrected chi connectivity index (χ0v) is 17.9. The molecular weight excluding hydrogens is 419 g/mol. The number of hydrogen-bond donors (Lipinski definition) is 0. The number of carbonyl (C=O) groups is 1. The summed E-state index contributed by atoms with van der Waals surface area (Å²) in [6.45, 7) is 4.80. The van der Waals surface area contributed by atoms with Gasteiger partial charge in [-0.15, -0.1) is 0 Å². The van der Waals surface area contributed by atoms with Crippen LogP contribution in [0, 0.1) is 6.92 Å². The maximum absolute atomic E-state index is 13.1. The molecule has 2 heterocycles. The molecule has 1 amide bonds. The van der Waals surface area contributed by atoms with Gasteiger partial charge >= 0.3 is 6.18 Å². The third kappa shape index (κ3) is 4.70. The summed E-state index contributed by atoms with van der Waals surface area (Å²) in [5.41, 5.74) is 2.21. The van der Waals surface area contributed by atoms with Crippen LogP contribution in [0.2, 0.25) is 0 Å². The number of aromatic nitrogens is 1. The van der Waals surface area contributed by atoms with Gasteiger partial charge in [0.2, 0.25) is 0 Å². The lowest BCUT2D eigenvalue weighted by Gasteiger charge is -2.35. The molecule has 3 aromatic rings. The van der Waals surface area contributed by atoms with E-state index < -0.39 is 11.7 Å². The minimum Gasteiger partial charge on any atom is -0.497 e. The minimum atomic E-state index is -4.33. The topological polar surface area (TPSA) is 45.7 Å². The maximum atomic E-state index is 13.1. The molecule has 0 spiro atoms. The quantitative estimate of drug-likeness (QED) is 0.595. The molecule has 32 heavy (non-hydrogen) atoms. The third-order valence-corrected chi connectivity index (χ3v) is 5.79. The van der Waals surface area contributed by atoms with Gasteiger partial charge in [0.1, 0.15) is 5.75 Å². The van der Waals surface area contributed by atoms with Gasteiger partial charge in [-0.1, -0.05) is 12.1 Å². The molecule has 0 N–H and O–H groups in total. The van der Waals surface area contributed by atoms with Crippen LogP contribution >= 0.6 is 0 Å². The Labute approximate surface area is 184 Å². The second kappa shape index (κ2) is 8.78. The van der Waals surface area contributed by atoms with E-state index in [0.29, 0.717) is 49.7 Å². The first-order chi connectivity index (χ1) is 15.2. The van der Waals surface area contributed by atoms with E-state index in [4.69, 9.17) is 4.74 Å². The second-order valence-electron chi connectivity index (χ2n) is 7.94. The first kappa shape index (κ1) is 22.1. The Morgan fingerprint density at radius 2 is 1.72 bits per heavy atom. The van der Waals surface area contributed by atoms with Crippen LogP contribution < -0.4 is 4.74 Å². The molecule has 1 aromatic heterocycles. The van der Waals surface area contributed by atoms with Gasteiger partial charge in [-0.05, 0) is 42.8 Å². The van der Waals surface area contributed by atoms with Crippen molar-refractivity contribution in [1.29, 1.82) is 0 Å². The summed E-state index contributed by atoms with van der Waals surface area (Å²) in [7, 11) is 1.60. The number of pyridine rings is 1. The number of methoxy groups -OCH3 is 1. The number of hydrogen-bond acceptors (Lipinski definition) is 4. The SMILES string of the molecule is COc1ccc2cc(C(=O)N3CCN(Cc4ccc(C(F)(F)F)cc4)CC3)c(C)nc2c1. The number of nitrogens with zero attached hydrogens (tertiary/aromatic N) is 3. The molecule has 5 nitrogen and oxygen atoms in total. The van der Waals surface area contributed by atoms with Crippen LogP contribution in [0.5, 0.6) is 5.75 Å². The van der Waals surface area contributed by atoms with E-state index in [1.807, 2.05) is 36.1 Å². The van der Waals surface area contributed by atoms with Crippen molar-refractivity contribution >= 4 is 16.8 Å². The zero-order valence-electron chi connectivity index (χ0n) is 17.9. The zero-order chi connectivity index (χ0) is 22.9. The van der Waals surface area contributed by atoms with E-state index in [2.05, 4.69) is 9.88 Å². The summed E-state index contributed by atoms with van der Waals surface area (Å²) >= 11 is 0. The summed E-state index contributed by atoms with van der Waals surface area (Å²) in [5, 5.41) is 0.876. The van der Waals surface area contributed by atoms with Gasteiger partial charge in [0.25, 0.3) is 5.91 Å². The fraction of sp³-hybridized carbons (Fsp3) is 0.333. The van der Waals surface area contributed by atoms with E-state index in [-0.39, 0.29) is 5.91 Å². The van der Waals surface area contributed by atoms with Crippen molar-refractivity contribution in [2.24, 2.45) is 0 Å². The number of carbonyl (C=O) groups excluding carboxylic acids is 1. The lowest BCUT2D eigenvalue weighted by Crippen LogP contribution is -2.48. The minimum absolute atomic E-state index is 0.0538. The fourth-order valence-electron chi connectivity index (χ4n) is 3.92. The van der Waals surface area contributed by atoms with Gasteiger partial charge in [-0.3, -0.25) is 14.7 Å². The van der Waals surface area contributed by atoms with E-state index >= 15 is 0 Å². The Bertz CT molecular complexity index is 1120. The highest BCUT2D eigenvalue weighted by Crippen LogP contribution is 2.29. The van der Waals surface area contributed by atoms with Crippen molar-refractivity contribution in [1.82, 2.24) is 14.8 Å². The van der Waals surface area contributed by atoms with E-state index in [9.17, 15) is 18.0 Å². The van der Waals surface area contributed by atoms with Gasteiger partial charge in [-0.2, -0.15) is 13.2 Å². The number of ether oxygens (including phenoxy) is 1. The largest absolute Gasteiger partial charge is 0.497 e. The molecule has 1 aliphatic rings. The van der Waals surface area contributed by atoms with Crippen LogP contribution in [0.15, 0.2) is 48.5 Å². The molecule has 1 saturated heterocycles. The highest BCUT2D eigenvalue weighted by atomic mass is 19.4. The van der Waals surface area contributed by atoms with Crippen molar-refractivity contribution in [3.05, 3.63) is 70.9 Å². The number of aryl methyl sites for hydroxylation is 1. The monoisotopic (exact) mass is 443 g/mol. The predicted molar refractivity (Wildman–Crippen MR) is 116 cm³/mol. The Morgan fingerprint density at radius 3 is 2.34 bits per heavy atom. The van der Waals surface area contributed by atoms with Crippen molar-refractivity contribution in [3.63, 3.8) is 0 Å². The molecule has 4 rings (SSSR count). The van der Waals surface area contributed by atoms with Gasteiger partial charge in [-0.25, -0.2) is 0 Å². The first-order valence-electron chi connectivity index (χ1n) is 10.4. The molecule has 1 fully saturated rings. The summed E-state index contributed by atoms with van der Waals surface area (Å²) in [4.78, 5) is 21.6. The molecule has 2 aromatic carbocycles. The molecular formula is C24H24F3N3O2. The Hall–Kier alpha value is -3.13. The fourth-order valence-corrected chi connectivity index (χ4v) is 3.92. The van der Waals surface area contributed by atoms with Crippen molar-refractivity contribution in [2.75, 3.05) is 33.3 Å². The van der Waals surface area contributed by atoms with Crippen LogP contribution in [0.25, 0.3) is 10.9 Å². The van der Waals surface area contributed by atoms with Crippen LogP contribution in [-0.4, -0.2) is 54.0 Å². The van der Waals surface area contributed by atoms with E-state index in [0.717, 1.165) is 28.6 Å². The summed E-state index contributed by atoms with van der Waals surface area (Å²) < 4.78 is 43.4. The van der Waals surface area contributed by atoms with Crippen molar-refractivity contribution < 1.29 is 22.7 Å². The highest BCUT2D eigenvalue weighted by molar-refractivity contribution is 5.98. The average molecular weight is 443 g/mol. The van der Waals surface area contributed by atoms with Crippen LogP contribution in [0.1, 0.15) is 27.2 Å². The number of rotatable bonds is 4. The summed E-state index contributed by atoms with van der Waals surface area (Å²) in [6, 6.07) is 12.7. The standard InChI is InChI=1S/C24H24F3N3O2/c1-16-21(13-18-5-8-20(32-2)14-22(18)28-16)23(31)30-11-9-29(10-12-30)15-17-3-6-19(7-4-17)24(25,26)27/h3-8,13-14H,9-12,15H2,1-2H3. The molecule has 0 aliphatic carbocycles. The van der Waals surface area contributed by atoms with Gasteiger partial charge in [0.05, 0.1) is 29.4 Å². The van der Waals surface area contributed by atoms with E-state index in [1.165, 1.54) is 12.1 Å². The third-order valence-electron chi connectivity index (χ3n) is 5.79. The molecule has 0 bridgehead atoms. The Kier molecular flexibility index (Phi) is 6.06. The smallest absolute Gasteiger partial charge is 0.416 e. The van der Waals surface area contributed by atoms with Crippen molar-refractivity contribution in [3.8, 4) is 5.75 Å². The normalized spacial score (nSPS) is 15.2. The summed E-state index contributed by atoms with van der Waals surface area (Å²) in [5.74, 6) is 0.662. The van der Waals surface area contributed by atoms with E-state index in [1.54, 1.807) is 7.11 Å².